The van der Waals surface area contributed by atoms with Crippen molar-refractivity contribution in [3.8, 4) is 0 Å². The third kappa shape index (κ3) is 2.98. The van der Waals surface area contributed by atoms with E-state index in [9.17, 15) is 0 Å². The van der Waals surface area contributed by atoms with E-state index in [4.69, 9.17) is 0 Å². The van der Waals surface area contributed by atoms with Gasteiger partial charge in [0, 0.05) is 30.0 Å². The Kier molecular flexibility index (Phi) is 4.68. The molecule has 1 heterocycles. The topological polar surface area (TPSA) is 40.2 Å². The van der Waals surface area contributed by atoms with E-state index < -0.39 is 0 Å². The van der Waals surface area contributed by atoms with Crippen molar-refractivity contribution in [3.63, 3.8) is 0 Å². The van der Waals surface area contributed by atoms with Crippen LogP contribution in [0.4, 0.5) is 0 Å². The molecule has 0 radical (unpaired) electrons. The first-order valence-electron chi connectivity index (χ1n) is 5.37. The summed E-state index contributed by atoms with van der Waals surface area (Å²) in [4.78, 5) is 7.52. The Morgan fingerprint density at radius 3 is 3.00 bits per heavy atom. The molecule has 1 rings (SSSR count). The van der Waals surface area contributed by atoms with Crippen LogP contribution in [0, 0.1) is 0 Å². The number of aromatic nitrogens is 1. The zero-order valence-corrected chi connectivity index (χ0v) is 9.67. The van der Waals surface area contributed by atoms with Gasteiger partial charge in [0.15, 0.2) is 0 Å². The summed E-state index contributed by atoms with van der Waals surface area (Å²) >= 11 is 0. The summed E-state index contributed by atoms with van der Waals surface area (Å²) in [6.45, 7) is 4.09. The van der Waals surface area contributed by atoms with E-state index in [-0.39, 0.29) is 0 Å². The van der Waals surface area contributed by atoms with Crippen LogP contribution in [0.2, 0.25) is 0 Å². The van der Waals surface area contributed by atoms with E-state index in [0.29, 0.717) is 0 Å². The maximum Gasteiger partial charge on any atom is 0.134 e. The number of hydrogen-bond donors (Lipinski definition) is 2. The van der Waals surface area contributed by atoms with E-state index in [1.807, 2.05) is 26.2 Å². The van der Waals surface area contributed by atoms with Crippen molar-refractivity contribution in [1.29, 1.82) is 0 Å². The summed E-state index contributed by atoms with van der Waals surface area (Å²) in [7, 11) is 1.89. The lowest BCUT2D eigenvalue weighted by Gasteiger charge is -1.97. The molecule has 0 saturated carbocycles. The third-order valence-corrected chi connectivity index (χ3v) is 2.17. The van der Waals surface area contributed by atoms with Gasteiger partial charge in [-0.2, -0.15) is 0 Å². The Morgan fingerprint density at radius 2 is 2.40 bits per heavy atom. The first kappa shape index (κ1) is 11.6. The fourth-order valence-corrected chi connectivity index (χ4v) is 1.44. The second-order valence-electron chi connectivity index (χ2n) is 3.28. The number of unbranched alkanes of at least 4 members (excludes halogenated alkanes) is 1. The summed E-state index contributed by atoms with van der Waals surface area (Å²) in [6, 6.07) is 2.04. The van der Waals surface area contributed by atoms with E-state index in [1.54, 1.807) is 6.21 Å². The molecule has 0 unspecified atom stereocenters. The number of aliphatic imine (C=N–C) groups is 1. The maximum atomic E-state index is 4.29. The van der Waals surface area contributed by atoms with Crippen LogP contribution in [0.25, 0.3) is 11.9 Å². The van der Waals surface area contributed by atoms with E-state index >= 15 is 0 Å². The Morgan fingerprint density at radius 1 is 1.60 bits per heavy atom. The Hall–Kier alpha value is -1.51. The van der Waals surface area contributed by atoms with Gasteiger partial charge in [0.1, 0.15) is 5.82 Å². The fraction of sp³-hybridized carbons (Fsp3) is 0.417. The summed E-state index contributed by atoms with van der Waals surface area (Å²) in [6.07, 6.45) is 8.18. The zero-order valence-electron chi connectivity index (χ0n) is 9.67. The molecule has 0 aliphatic heterocycles. The predicted octanol–water partition coefficient (Wildman–Crippen LogP) is 0.971. The number of aromatic amines is 1. The highest BCUT2D eigenvalue weighted by Crippen LogP contribution is 1.87. The van der Waals surface area contributed by atoms with Crippen LogP contribution in [0.15, 0.2) is 17.3 Å². The number of nitrogens with zero attached hydrogens (tertiary/aromatic N) is 1. The molecule has 0 aliphatic rings. The molecule has 15 heavy (non-hydrogen) atoms. The molecule has 0 saturated heterocycles. The lowest BCUT2D eigenvalue weighted by Crippen LogP contribution is -2.28. The van der Waals surface area contributed by atoms with Gasteiger partial charge in [-0.25, -0.2) is 4.99 Å². The van der Waals surface area contributed by atoms with Crippen LogP contribution >= 0.6 is 0 Å². The average molecular weight is 205 g/mol. The van der Waals surface area contributed by atoms with Crippen molar-refractivity contribution >= 4 is 18.1 Å². The normalized spacial score (nSPS) is 14.7. The second kappa shape index (κ2) is 6.06. The highest BCUT2D eigenvalue weighted by molar-refractivity contribution is 5.62. The van der Waals surface area contributed by atoms with Gasteiger partial charge in [-0.1, -0.05) is 19.4 Å². The molecule has 0 bridgehead atoms. The van der Waals surface area contributed by atoms with Gasteiger partial charge in [0.05, 0.1) is 0 Å². The number of nitrogens with one attached hydrogen (secondary N) is 2. The first-order valence-corrected chi connectivity index (χ1v) is 5.37. The summed E-state index contributed by atoms with van der Waals surface area (Å²) < 4.78 is 0. The number of rotatable bonds is 4. The van der Waals surface area contributed by atoms with Gasteiger partial charge in [-0.05, 0) is 19.4 Å². The molecule has 0 spiro atoms. The summed E-state index contributed by atoms with van der Waals surface area (Å²) in [5, 5.41) is 5.37. The number of H-pyrrole nitrogens is 1. The standard InChI is InChI=1S/C12H19N3/c1-4-6-7-11-10(8-9-15-11)12(13-3)14-5-2/h5,7-9,13,15H,4,6H2,1-3H3/b11-7-,12-10-,14-5-. The monoisotopic (exact) mass is 205 g/mol. The zero-order chi connectivity index (χ0) is 11.1. The highest BCUT2D eigenvalue weighted by atomic mass is 15.0. The fourth-order valence-electron chi connectivity index (χ4n) is 1.44. The van der Waals surface area contributed by atoms with Gasteiger partial charge in [-0.3, -0.25) is 0 Å². The highest BCUT2D eigenvalue weighted by Gasteiger charge is 1.93. The van der Waals surface area contributed by atoms with Crippen LogP contribution < -0.4 is 15.9 Å². The molecule has 0 fully saturated rings. The smallest absolute Gasteiger partial charge is 0.134 e. The van der Waals surface area contributed by atoms with Gasteiger partial charge in [0.2, 0.25) is 0 Å². The van der Waals surface area contributed by atoms with Gasteiger partial charge in [0.25, 0.3) is 0 Å². The maximum absolute atomic E-state index is 4.29. The molecule has 3 nitrogen and oxygen atoms in total. The Labute approximate surface area is 90.6 Å². The second-order valence-corrected chi connectivity index (χ2v) is 3.28. The minimum absolute atomic E-state index is 0.904. The quantitative estimate of drug-likeness (QED) is 0.707. The lowest BCUT2D eigenvalue weighted by atomic mass is 10.3. The lowest BCUT2D eigenvalue weighted by molar-refractivity contribution is 0.986. The van der Waals surface area contributed by atoms with Crippen LogP contribution in [-0.2, 0) is 0 Å². The molecule has 1 aromatic heterocycles. The van der Waals surface area contributed by atoms with Crippen LogP contribution in [0.3, 0.4) is 0 Å². The first-order chi connectivity index (χ1) is 7.33. The third-order valence-electron chi connectivity index (χ3n) is 2.17. The molecule has 0 atom stereocenters. The summed E-state index contributed by atoms with van der Waals surface area (Å²) in [5.41, 5.74) is 0. The predicted molar refractivity (Wildman–Crippen MR) is 66.0 cm³/mol. The molecule has 82 valence electrons. The molecular formula is C12H19N3. The van der Waals surface area contributed by atoms with Crippen LogP contribution in [-0.4, -0.2) is 18.2 Å². The van der Waals surface area contributed by atoms with Crippen molar-refractivity contribution in [2.45, 2.75) is 26.7 Å². The minimum atomic E-state index is 0.904. The van der Waals surface area contributed by atoms with Crippen molar-refractivity contribution < 1.29 is 0 Å². The molecule has 0 amide bonds. The summed E-state index contributed by atoms with van der Waals surface area (Å²) in [5.74, 6) is 0.904. The number of hydrogen-bond acceptors (Lipinski definition) is 2. The van der Waals surface area contributed by atoms with Gasteiger partial charge < -0.3 is 10.3 Å². The van der Waals surface area contributed by atoms with Crippen molar-refractivity contribution in [1.82, 2.24) is 10.3 Å². The largest absolute Gasteiger partial charge is 0.373 e. The van der Waals surface area contributed by atoms with Gasteiger partial charge >= 0.3 is 0 Å². The minimum Gasteiger partial charge on any atom is -0.373 e. The van der Waals surface area contributed by atoms with Crippen LogP contribution in [0.5, 0.6) is 0 Å². The van der Waals surface area contributed by atoms with Gasteiger partial charge in [-0.15, -0.1) is 0 Å². The Bertz CT molecular complexity index is 426. The molecule has 1 aromatic rings. The van der Waals surface area contributed by atoms with Crippen molar-refractivity contribution in [2.75, 3.05) is 7.05 Å². The van der Waals surface area contributed by atoms with E-state index in [0.717, 1.165) is 29.2 Å². The molecule has 2 N–H and O–H groups in total. The molecule has 3 heteroatoms. The molecule has 0 aromatic carbocycles. The molecule has 0 aliphatic carbocycles. The van der Waals surface area contributed by atoms with Crippen molar-refractivity contribution in [2.24, 2.45) is 4.99 Å². The molecular weight excluding hydrogens is 186 g/mol. The average Bonchev–Trinajstić information content (AvgIpc) is 2.71. The Balaban J connectivity index is 3.28. The van der Waals surface area contributed by atoms with Crippen molar-refractivity contribution in [3.05, 3.63) is 22.8 Å². The van der Waals surface area contributed by atoms with E-state index in [1.165, 1.54) is 0 Å². The van der Waals surface area contributed by atoms with Crippen LogP contribution in [0.1, 0.15) is 26.7 Å². The SMILES string of the molecule is C\C=N/C(NC)=c1/cc[nH]/c1=C\CCC. The van der Waals surface area contributed by atoms with E-state index in [2.05, 4.69) is 28.3 Å².